The van der Waals surface area contributed by atoms with Crippen LogP contribution in [0.25, 0.3) is 0 Å². The van der Waals surface area contributed by atoms with Crippen LogP contribution in [-0.2, 0) is 4.79 Å². The largest absolute Gasteiger partial charge is 0.496 e. The molecule has 0 fully saturated rings. The van der Waals surface area contributed by atoms with Gasteiger partial charge in [-0.05, 0) is 59.7 Å². The molecule has 5 heteroatoms. The van der Waals surface area contributed by atoms with Gasteiger partial charge in [-0.1, -0.05) is 38.5 Å². The fraction of sp³-hybridized carbons (Fsp3) is 0.381. The van der Waals surface area contributed by atoms with Crippen LogP contribution in [0.2, 0.25) is 0 Å². The highest BCUT2D eigenvalue weighted by molar-refractivity contribution is 14.1. The van der Waals surface area contributed by atoms with Crippen LogP contribution < -0.4 is 9.64 Å². The van der Waals surface area contributed by atoms with Gasteiger partial charge in [0.05, 0.1) is 21.8 Å². The quantitative estimate of drug-likeness (QED) is 0.472. The Kier molecular flexibility index (Phi) is 6.17. The van der Waals surface area contributed by atoms with E-state index in [2.05, 4.69) is 48.6 Å². The van der Waals surface area contributed by atoms with Crippen molar-refractivity contribution in [3.8, 4) is 5.75 Å². The third kappa shape index (κ3) is 3.48. The van der Waals surface area contributed by atoms with E-state index >= 15 is 0 Å². The van der Waals surface area contributed by atoms with Crippen LogP contribution >= 0.6 is 34.4 Å². The van der Waals surface area contributed by atoms with Gasteiger partial charge in [0, 0.05) is 16.3 Å². The number of fused-ring (bicyclic) bond motifs is 1. The van der Waals surface area contributed by atoms with Crippen molar-refractivity contribution in [2.75, 3.05) is 17.8 Å². The van der Waals surface area contributed by atoms with E-state index in [9.17, 15) is 4.79 Å². The second-order valence-corrected chi connectivity index (χ2v) is 8.78. The van der Waals surface area contributed by atoms with E-state index in [-0.39, 0.29) is 11.3 Å². The molecule has 0 saturated heterocycles. The number of rotatable bonds is 5. The summed E-state index contributed by atoms with van der Waals surface area (Å²) >= 11 is 4.05. The summed E-state index contributed by atoms with van der Waals surface area (Å²) in [6, 6.07) is 14.1. The third-order valence-electron chi connectivity index (χ3n) is 5.05. The normalized spacial score (nSPS) is 19.8. The summed E-state index contributed by atoms with van der Waals surface area (Å²) < 4.78 is 6.53. The van der Waals surface area contributed by atoms with Gasteiger partial charge in [-0.3, -0.25) is 9.69 Å². The number of nitrogens with zero attached hydrogens (tertiary/aromatic N) is 1. The third-order valence-corrected chi connectivity index (χ3v) is 7.23. The Bertz CT molecular complexity index is 796. The Labute approximate surface area is 173 Å². The first kappa shape index (κ1) is 19.5. The molecule has 1 amide bonds. The molecule has 2 aromatic carbocycles. The number of carbonyl (C=O) groups is 1. The van der Waals surface area contributed by atoms with Crippen LogP contribution in [-0.4, -0.2) is 18.8 Å². The van der Waals surface area contributed by atoms with Gasteiger partial charge < -0.3 is 4.74 Å². The molecule has 0 radical (unpaired) electrons. The zero-order chi connectivity index (χ0) is 18.7. The molecule has 1 heterocycles. The molecule has 1 aliphatic rings. The molecular formula is C21H24INO2S. The first-order valence-electron chi connectivity index (χ1n) is 8.96. The molecule has 0 aromatic heterocycles. The van der Waals surface area contributed by atoms with E-state index in [1.807, 2.05) is 35.2 Å². The average Bonchev–Trinajstić information content (AvgIpc) is 2.77. The minimum Gasteiger partial charge on any atom is -0.496 e. The van der Waals surface area contributed by atoms with Crippen molar-refractivity contribution in [2.45, 2.75) is 38.0 Å². The highest BCUT2D eigenvalue weighted by Crippen LogP contribution is 2.48. The van der Waals surface area contributed by atoms with Crippen LogP contribution in [0.1, 0.15) is 33.1 Å². The summed E-state index contributed by atoms with van der Waals surface area (Å²) in [4.78, 5) is 16.8. The minimum absolute atomic E-state index is 0.209. The van der Waals surface area contributed by atoms with E-state index < -0.39 is 0 Å². The number of thioether (sulfide) groups is 1. The van der Waals surface area contributed by atoms with Crippen LogP contribution in [0.5, 0.6) is 5.75 Å². The van der Waals surface area contributed by atoms with Gasteiger partial charge in [0.1, 0.15) is 5.75 Å². The molecule has 3 rings (SSSR count). The summed E-state index contributed by atoms with van der Waals surface area (Å²) in [5.74, 6) is 1.87. The molecule has 0 N–H and O–H groups in total. The number of hydrogen-bond donors (Lipinski definition) is 0. The number of halogens is 1. The van der Waals surface area contributed by atoms with Gasteiger partial charge in [0.25, 0.3) is 0 Å². The predicted molar refractivity (Wildman–Crippen MR) is 118 cm³/mol. The van der Waals surface area contributed by atoms with E-state index in [0.717, 1.165) is 50.6 Å². The van der Waals surface area contributed by atoms with Gasteiger partial charge in [-0.25, -0.2) is 0 Å². The van der Waals surface area contributed by atoms with Gasteiger partial charge >= 0.3 is 0 Å². The van der Waals surface area contributed by atoms with E-state index in [1.165, 1.54) is 0 Å². The van der Waals surface area contributed by atoms with Crippen molar-refractivity contribution >= 4 is 51.6 Å². The first-order chi connectivity index (χ1) is 12.6. The summed E-state index contributed by atoms with van der Waals surface area (Å²) in [6.45, 7) is 4.30. The fourth-order valence-corrected chi connectivity index (χ4v) is 5.58. The smallest absolute Gasteiger partial charge is 0.238 e. The lowest BCUT2D eigenvalue weighted by atomic mass is 9.81. The van der Waals surface area contributed by atoms with E-state index in [4.69, 9.17) is 4.74 Å². The molecule has 0 spiro atoms. The van der Waals surface area contributed by atoms with Crippen molar-refractivity contribution in [3.05, 3.63) is 46.0 Å². The molecule has 0 aliphatic carbocycles. The van der Waals surface area contributed by atoms with Gasteiger partial charge in [0.2, 0.25) is 5.91 Å². The van der Waals surface area contributed by atoms with E-state index in [1.54, 1.807) is 18.9 Å². The maximum absolute atomic E-state index is 13.8. The zero-order valence-electron chi connectivity index (χ0n) is 15.4. The zero-order valence-corrected chi connectivity index (χ0v) is 18.4. The Balaban J connectivity index is 2.22. The highest BCUT2D eigenvalue weighted by atomic mass is 127. The molecule has 138 valence electrons. The second kappa shape index (κ2) is 8.21. The van der Waals surface area contributed by atoms with E-state index in [0.29, 0.717) is 0 Å². The second-order valence-electron chi connectivity index (χ2n) is 6.60. The number of para-hydroxylation sites is 1. The van der Waals surface area contributed by atoms with Crippen molar-refractivity contribution in [1.29, 1.82) is 0 Å². The maximum atomic E-state index is 13.8. The summed E-state index contributed by atoms with van der Waals surface area (Å²) in [5.41, 5.74) is 1.55. The Hall–Kier alpha value is -1.21. The number of amides is 1. The Morgan fingerprint density at radius 3 is 2.58 bits per heavy atom. The number of methoxy groups -OCH3 is 1. The van der Waals surface area contributed by atoms with Gasteiger partial charge in [0.15, 0.2) is 0 Å². The maximum Gasteiger partial charge on any atom is 0.238 e. The van der Waals surface area contributed by atoms with Crippen LogP contribution in [0.15, 0.2) is 47.4 Å². The van der Waals surface area contributed by atoms with Gasteiger partial charge in [-0.2, -0.15) is 0 Å². The molecule has 1 aliphatic heterocycles. The molecule has 0 saturated carbocycles. The molecule has 0 bridgehead atoms. The molecule has 3 nitrogen and oxygen atoms in total. The van der Waals surface area contributed by atoms with Crippen LogP contribution in [0, 0.1) is 8.99 Å². The lowest BCUT2D eigenvalue weighted by molar-refractivity contribution is -0.126. The molecule has 2 aromatic rings. The SMILES string of the molecule is CCCC1(CC)CSc2cc(OC)c(I)cc2N(c2ccccc2)C1=O. The number of hydrogen-bond acceptors (Lipinski definition) is 3. The number of benzene rings is 2. The summed E-state index contributed by atoms with van der Waals surface area (Å²) in [5, 5.41) is 0. The standard InChI is InChI=1S/C21H24INO2S/c1-4-11-21(5-2)14-26-19-13-18(25-3)16(22)12-17(19)23(20(21)24)15-9-7-6-8-10-15/h6-10,12-13H,4-5,11,14H2,1-3H3. The first-order valence-corrected chi connectivity index (χ1v) is 11.0. The van der Waals surface area contributed by atoms with Crippen molar-refractivity contribution < 1.29 is 9.53 Å². The fourth-order valence-electron chi connectivity index (χ4n) is 3.52. The summed E-state index contributed by atoms with van der Waals surface area (Å²) in [6.07, 6.45) is 2.75. The number of ether oxygens (including phenoxy) is 1. The average molecular weight is 481 g/mol. The lowest BCUT2D eigenvalue weighted by Crippen LogP contribution is -2.42. The monoisotopic (exact) mass is 481 g/mol. The van der Waals surface area contributed by atoms with Crippen molar-refractivity contribution in [2.24, 2.45) is 5.41 Å². The predicted octanol–water partition coefficient (Wildman–Crippen LogP) is 6.27. The van der Waals surface area contributed by atoms with Crippen molar-refractivity contribution in [3.63, 3.8) is 0 Å². The van der Waals surface area contributed by atoms with Crippen LogP contribution in [0.4, 0.5) is 11.4 Å². The number of carbonyl (C=O) groups excluding carboxylic acids is 1. The van der Waals surface area contributed by atoms with Crippen LogP contribution in [0.3, 0.4) is 0 Å². The summed E-state index contributed by atoms with van der Waals surface area (Å²) in [7, 11) is 1.69. The molecular weight excluding hydrogens is 457 g/mol. The minimum atomic E-state index is -0.340. The number of anilines is 2. The van der Waals surface area contributed by atoms with Crippen molar-refractivity contribution in [1.82, 2.24) is 0 Å². The molecule has 26 heavy (non-hydrogen) atoms. The Morgan fingerprint density at radius 2 is 1.96 bits per heavy atom. The molecule has 1 atom stereocenters. The lowest BCUT2D eigenvalue weighted by Gasteiger charge is -2.34. The topological polar surface area (TPSA) is 29.5 Å². The highest BCUT2D eigenvalue weighted by Gasteiger charge is 2.43. The van der Waals surface area contributed by atoms with Gasteiger partial charge in [-0.15, -0.1) is 11.8 Å². The Morgan fingerprint density at radius 1 is 1.23 bits per heavy atom. The molecule has 1 unspecified atom stereocenters.